The molecule has 18 heavy (non-hydrogen) atoms. The van der Waals surface area contributed by atoms with Crippen molar-refractivity contribution in [2.45, 2.75) is 6.18 Å². The molecule has 0 saturated heterocycles. The van der Waals surface area contributed by atoms with Crippen LogP contribution >= 0.6 is 0 Å². The maximum Gasteiger partial charge on any atom is 0.405 e. The van der Waals surface area contributed by atoms with E-state index in [2.05, 4.69) is 4.98 Å². The van der Waals surface area contributed by atoms with Gasteiger partial charge in [-0.05, 0) is 12.1 Å². The van der Waals surface area contributed by atoms with Crippen LogP contribution in [0.15, 0.2) is 18.3 Å². The van der Waals surface area contributed by atoms with Gasteiger partial charge in [0, 0.05) is 18.4 Å². The molecule has 0 aliphatic heterocycles. The van der Waals surface area contributed by atoms with Gasteiger partial charge in [-0.3, -0.25) is 0 Å². The molecular formula is C10H11F3N2O3. The highest BCUT2D eigenvalue weighted by Crippen LogP contribution is 2.22. The highest BCUT2D eigenvalue weighted by atomic mass is 19.4. The number of aromatic nitrogens is 1. The van der Waals surface area contributed by atoms with E-state index in [1.165, 1.54) is 6.07 Å². The van der Waals surface area contributed by atoms with Gasteiger partial charge in [-0.2, -0.15) is 13.2 Å². The van der Waals surface area contributed by atoms with Gasteiger partial charge in [0.1, 0.15) is 12.2 Å². The Labute approximate surface area is 100 Å². The van der Waals surface area contributed by atoms with Crippen molar-refractivity contribution in [3.8, 4) is 0 Å². The number of hydrogen-bond donors (Lipinski definition) is 2. The average Bonchev–Trinajstić information content (AvgIpc) is 2.27. The molecule has 0 aliphatic carbocycles. The van der Waals surface area contributed by atoms with Gasteiger partial charge in [0.2, 0.25) is 0 Å². The highest BCUT2D eigenvalue weighted by molar-refractivity contribution is 5.86. The molecule has 5 nitrogen and oxygen atoms in total. The molecule has 0 aliphatic rings. The van der Waals surface area contributed by atoms with Gasteiger partial charge in [0.25, 0.3) is 0 Å². The zero-order chi connectivity index (χ0) is 13.8. The molecule has 1 rings (SSSR count). The zero-order valence-corrected chi connectivity index (χ0v) is 9.18. The molecule has 0 saturated carbocycles. The summed E-state index contributed by atoms with van der Waals surface area (Å²) in [6.07, 6.45) is -3.33. The van der Waals surface area contributed by atoms with Crippen LogP contribution in [0.1, 0.15) is 10.5 Å². The second kappa shape index (κ2) is 5.67. The zero-order valence-electron chi connectivity index (χ0n) is 9.18. The molecule has 1 aromatic rings. The fraction of sp³-hybridized carbons (Fsp3) is 0.400. The van der Waals surface area contributed by atoms with Gasteiger partial charge < -0.3 is 15.1 Å². The molecule has 8 heteroatoms. The Morgan fingerprint density at radius 3 is 2.61 bits per heavy atom. The number of carbonyl (C=O) groups is 1. The predicted molar refractivity (Wildman–Crippen MR) is 56.6 cm³/mol. The molecular weight excluding hydrogens is 253 g/mol. The number of carboxylic acid groups (broad SMARTS) is 1. The quantitative estimate of drug-likeness (QED) is 0.834. The van der Waals surface area contributed by atoms with Crippen molar-refractivity contribution in [2.24, 2.45) is 0 Å². The van der Waals surface area contributed by atoms with Crippen molar-refractivity contribution in [1.82, 2.24) is 4.98 Å². The van der Waals surface area contributed by atoms with E-state index in [0.29, 0.717) is 0 Å². The smallest absolute Gasteiger partial charge is 0.405 e. The standard InChI is InChI=1S/C10H11F3N2O3/c11-10(12,13)6-15(3-4-16)7-1-2-14-8(5-7)9(17)18/h1-2,5,16H,3-4,6H2,(H,17,18). The van der Waals surface area contributed by atoms with Crippen molar-refractivity contribution in [3.63, 3.8) is 0 Å². The third-order valence-corrected chi connectivity index (χ3v) is 2.07. The number of rotatable bonds is 5. The Morgan fingerprint density at radius 2 is 2.11 bits per heavy atom. The van der Waals surface area contributed by atoms with Crippen molar-refractivity contribution < 1.29 is 28.2 Å². The SMILES string of the molecule is O=C(O)c1cc(N(CCO)CC(F)(F)F)ccn1. The molecule has 1 heterocycles. The number of aromatic carboxylic acids is 1. The molecule has 0 atom stereocenters. The van der Waals surface area contributed by atoms with Crippen molar-refractivity contribution in [1.29, 1.82) is 0 Å². The predicted octanol–water partition coefficient (Wildman–Crippen LogP) is 1.14. The monoisotopic (exact) mass is 264 g/mol. The summed E-state index contributed by atoms with van der Waals surface area (Å²) < 4.78 is 37.0. The molecule has 100 valence electrons. The first-order valence-corrected chi connectivity index (χ1v) is 4.95. The van der Waals surface area contributed by atoms with Gasteiger partial charge in [-0.25, -0.2) is 9.78 Å². The molecule has 0 unspecified atom stereocenters. The minimum absolute atomic E-state index is 0.0498. The lowest BCUT2D eigenvalue weighted by atomic mass is 10.3. The van der Waals surface area contributed by atoms with Gasteiger partial charge in [0.05, 0.1) is 6.61 Å². The maximum absolute atomic E-state index is 12.3. The maximum atomic E-state index is 12.3. The van der Waals surface area contributed by atoms with Crippen LogP contribution in [0, 0.1) is 0 Å². The van der Waals surface area contributed by atoms with Crippen molar-refractivity contribution >= 4 is 11.7 Å². The average molecular weight is 264 g/mol. The molecule has 1 aromatic heterocycles. The molecule has 0 aromatic carbocycles. The number of halogens is 3. The van der Waals surface area contributed by atoms with Crippen LogP contribution in [-0.4, -0.2) is 47.0 Å². The summed E-state index contributed by atoms with van der Waals surface area (Å²) in [5, 5.41) is 17.4. The second-order valence-corrected chi connectivity index (χ2v) is 3.46. The summed E-state index contributed by atoms with van der Waals surface area (Å²) in [5.74, 6) is -1.33. The van der Waals surface area contributed by atoms with E-state index in [1.807, 2.05) is 0 Å². The Bertz CT molecular complexity index is 423. The van der Waals surface area contributed by atoms with E-state index in [0.717, 1.165) is 17.2 Å². The first kappa shape index (κ1) is 14.2. The van der Waals surface area contributed by atoms with Crippen molar-refractivity contribution in [3.05, 3.63) is 24.0 Å². The normalized spacial score (nSPS) is 11.3. The Kier molecular flexibility index (Phi) is 4.49. The number of pyridine rings is 1. The number of hydrogen-bond acceptors (Lipinski definition) is 4. The van der Waals surface area contributed by atoms with Crippen molar-refractivity contribution in [2.75, 3.05) is 24.6 Å². The molecule has 0 bridgehead atoms. The van der Waals surface area contributed by atoms with E-state index < -0.39 is 25.3 Å². The summed E-state index contributed by atoms with van der Waals surface area (Å²) in [7, 11) is 0. The molecule has 0 amide bonds. The lowest BCUT2D eigenvalue weighted by Crippen LogP contribution is -2.36. The van der Waals surface area contributed by atoms with E-state index in [-0.39, 0.29) is 17.9 Å². The van der Waals surface area contributed by atoms with Crippen LogP contribution in [0.4, 0.5) is 18.9 Å². The number of aliphatic hydroxyl groups is 1. The van der Waals surface area contributed by atoms with Crippen LogP contribution in [0.25, 0.3) is 0 Å². The van der Waals surface area contributed by atoms with Gasteiger partial charge >= 0.3 is 12.1 Å². The van der Waals surface area contributed by atoms with Crippen LogP contribution in [0.3, 0.4) is 0 Å². The van der Waals surface area contributed by atoms with Crippen LogP contribution in [-0.2, 0) is 0 Å². The summed E-state index contributed by atoms with van der Waals surface area (Å²) in [6, 6.07) is 2.29. The van der Waals surface area contributed by atoms with Gasteiger partial charge in [-0.15, -0.1) is 0 Å². The van der Waals surface area contributed by atoms with E-state index in [9.17, 15) is 18.0 Å². The number of anilines is 1. The molecule has 2 N–H and O–H groups in total. The topological polar surface area (TPSA) is 73.7 Å². The summed E-state index contributed by atoms with van der Waals surface area (Å²) in [6.45, 7) is -1.99. The minimum Gasteiger partial charge on any atom is -0.477 e. The second-order valence-electron chi connectivity index (χ2n) is 3.46. The Hall–Kier alpha value is -1.83. The Balaban J connectivity index is 2.98. The largest absolute Gasteiger partial charge is 0.477 e. The lowest BCUT2D eigenvalue weighted by Gasteiger charge is -2.25. The summed E-state index contributed by atoms with van der Waals surface area (Å²) >= 11 is 0. The van der Waals surface area contributed by atoms with Crippen LogP contribution < -0.4 is 4.90 Å². The van der Waals surface area contributed by atoms with Crippen LogP contribution in [0.2, 0.25) is 0 Å². The molecule has 0 radical (unpaired) electrons. The highest BCUT2D eigenvalue weighted by Gasteiger charge is 2.31. The molecule has 0 fully saturated rings. The van der Waals surface area contributed by atoms with E-state index in [1.54, 1.807) is 0 Å². The number of nitrogens with zero attached hydrogens (tertiary/aromatic N) is 2. The third-order valence-electron chi connectivity index (χ3n) is 2.07. The fourth-order valence-corrected chi connectivity index (χ4v) is 1.37. The summed E-state index contributed by atoms with van der Waals surface area (Å²) in [5.41, 5.74) is -0.300. The number of aliphatic hydroxyl groups excluding tert-OH is 1. The summed E-state index contributed by atoms with van der Waals surface area (Å²) in [4.78, 5) is 15.0. The van der Waals surface area contributed by atoms with E-state index in [4.69, 9.17) is 10.2 Å². The molecule has 0 spiro atoms. The Morgan fingerprint density at radius 1 is 1.44 bits per heavy atom. The third kappa shape index (κ3) is 4.21. The number of alkyl halides is 3. The minimum atomic E-state index is -4.44. The van der Waals surface area contributed by atoms with Gasteiger partial charge in [0.15, 0.2) is 0 Å². The van der Waals surface area contributed by atoms with E-state index >= 15 is 0 Å². The first-order valence-electron chi connectivity index (χ1n) is 4.95. The number of carboxylic acids is 1. The first-order chi connectivity index (χ1) is 8.33. The van der Waals surface area contributed by atoms with Crippen LogP contribution in [0.5, 0.6) is 0 Å². The fourth-order valence-electron chi connectivity index (χ4n) is 1.37. The van der Waals surface area contributed by atoms with Gasteiger partial charge in [-0.1, -0.05) is 0 Å². The lowest BCUT2D eigenvalue weighted by molar-refractivity contribution is -0.119.